The van der Waals surface area contributed by atoms with E-state index in [2.05, 4.69) is 116 Å². The van der Waals surface area contributed by atoms with Gasteiger partial charge in [0.1, 0.15) is 0 Å². The molecule has 5 aromatic carbocycles. The third-order valence-electron chi connectivity index (χ3n) is 7.61. The van der Waals surface area contributed by atoms with E-state index in [1.54, 1.807) is 0 Å². The summed E-state index contributed by atoms with van der Waals surface area (Å²) in [7, 11) is 0. The van der Waals surface area contributed by atoms with E-state index in [0.29, 0.717) is 0 Å². The molecule has 0 aliphatic carbocycles. The van der Waals surface area contributed by atoms with Crippen LogP contribution in [-0.4, -0.2) is 0 Å². The smallest absolute Gasteiger partial charge is 0.00260 e. The van der Waals surface area contributed by atoms with Crippen LogP contribution in [0.15, 0.2) is 60.7 Å². The third kappa shape index (κ3) is 3.62. The Kier molecular flexibility index (Phi) is 5.36. The molecular weight excluding hydrogens is 408 g/mol. The third-order valence-corrected chi connectivity index (χ3v) is 7.61. The molecule has 5 rings (SSSR count). The number of hydrogen-bond donors (Lipinski definition) is 0. The van der Waals surface area contributed by atoms with Crippen LogP contribution in [0.25, 0.3) is 43.8 Å². The zero-order valence-corrected chi connectivity index (χ0v) is 21.8. The van der Waals surface area contributed by atoms with Crippen LogP contribution in [0.2, 0.25) is 0 Å². The van der Waals surface area contributed by atoms with Crippen LogP contribution in [0.5, 0.6) is 0 Å². The fourth-order valence-electron chi connectivity index (χ4n) is 5.52. The highest BCUT2D eigenvalue weighted by Gasteiger charge is 2.19. The van der Waals surface area contributed by atoms with Crippen LogP contribution < -0.4 is 0 Å². The van der Waals surface area contributed by atoms with E-state index in [9.17, 15) is 0 Å². The van der Waals surface area contributed by atoms with Crippen molar-refractivity contribution in [1.29, 1.82) is 0 Å². The molecule has 0 amide bonds. The molecule has 0 bridgehead atoms. The summed E-state index contributed by atoms with van der Waals surface area (Å²) in [5.74, 6) is 0. The van der Waals surface area contributed by atoms with Crippen LogP contribution in [0.4, 0.5) is 0 Å². The molecule has 5 aromatic rings. The van der Waals surface area contributed by atoms with Gasteiger partial charge in [-0.2, -0.15) is 0 Å². The second-order valence-corrected chi connectivity index (χ2v) is 10.4. The van der Waals surface area contributed by atoms with Gasteiger partial charge in [0.25, 0.3) is 0 Å². The van der Waals surface area contributed by atoms with Gasteiger partial charge >= 0.3 is 0 Å². The van der Waals surface area contributed by atoms with Crippen molar-refractivity contribution >= 4 is 21.5 Å². The Morgan fingerprint density at radius 3 is 1.38 bits per heavy atom. The zero-order valence-electron chi connectivity index (χ0n) is 21.8. The summed E-state index contributed by atoms with van der Waals surface area (Å²) < 4.78 is 0. The lowest BCUT2D eigenvalue weighted by atomic mass is 9.83. The normalized spacial score (nSPS) is 11.5. The molecule has 0 radical (unpaired) electrons. The van der Waals surface area contributed by atoms with Crippen LogP contribution in [0.3, 0.4) is 0 Å². The second-order valence-electron chi connectivity index (χ2n) is 10.4. The van der Waals surface area contributed by atoms with Gasteiger partial charge in [-0.1, -0.05) is 77.4 Å². The van der Waals surface area contributed by atoms with E-state index in [0.717, 1.165) is 0 Å². The summed E-state index contributed by atoms with van der Waals surface area (Å²) in [5.41, 5.74) is 16.0. The first-order valence-electron chi connectivity index (χ1n) is 12.3. The molecule has 0 heteroatoms. The van der Waals surface area contributed by atoms with E-state index < -0.39 is 0 Å². The molecule has 0 atom stereocenters. The van der Waals surface area contributed by atoms with Gasteiger partial charge in [0.2, 0.25) is 0 Å². The van der Waals surface area contributed by atoms with E-state index >= 15 is 0 Å². The number of aryl methyl sites for hydroxylation is 7. The summed E-state index contributed by atoms with van der Waals surface area (Å²) in [6, 6.07) is 23.5. The zero-order chi connectivity index (χ0) is 24.3. The van der Waals surface area contributed by atoms with Crippen molar-refractivity contribution in [3.8, 4) is 22.3 Å². The van der Waals surface area contributed by atoms with Crippen molar-refractivity contribution in [3.63, 3.8) is 0 Å². The summed E-state index contributed by atoms with van der Waals surface area (Å²) >= 11 is 0. The minimum absolute atomic E-state index is 1.29. The number of fused-ring (bicyclic) bond motifs is 2. The van der Waals surface area contributed by atoms with Gasteiger partial charge in [-0.05, 0) is 127 Å². The maximum Gasteiger partial charge on any atom is -0.00260 e. The Morgan fingerprint density at radius 2 is 0.824 bits per heavy atom. The average Bonchev–Trinajstić information content (AvgIpc) is 2.76. The lowest BCUT2D eigenvalue weighted by Gasteiger charge is -2.21. The van der Waals surface area contributed by atoms with Crippen molar-refractivity contribution < 1.29 is 0 Å². The van der Waals surface area contributed by atoms with E-state index in [4.69, 9.17) is 0 Å². The standard InChI is InChI=1S/C34H34/c1-19-9-10-29-30(14-19)34(27-12-20(2)11-21(3)13-27)32-18-23(5)22(4)17-31(32)33(29)28-15-24(6)26(8)25(7)16-28/h9-18H,1-8H3. The first-order chi connectivity index (χ1) is 16.1. The van der Waals surface area contributed by atoms with Gasteiger partial charge < -0.3 is 0 Å². The van der Waals surface area contributed by atoms with Gasteiger partial charge in [0.15, 0.2) is 0 Å². The fraction of sp³-hybridized carbons (Fsp3) is 0.235. The van der Waals surface area contributed by atoms with Crippen molar-refractivity contribution in [2.75, 3.05) is 0 Å². The highest BCUT2D eigenvalue weighted by atomic mass is 14.2. The topological polar surface area (TPSA) is 0 Å². The van der Waals surface area contributed by atoms with Crippen LogP contribution in [0, 0.1) is 55.4 Å². The van der Waals surface area contributed by atoms with Gasteiger partial charge in [0.05, 0.1) is 0 Å². The van der Waals surface area contributed by atoms with E-state index in [1.165, 1.54) is 88.3 Å². The van der Waals surface area contributed by atoms with E-state index in [-0.39, 0.29) is 0 Å². The van der Waals surface area contributed by atoms with E-state index in [1.807, 2.05) is 0 Å². The van der Waals surface area contributed by atoms with Gasteiger partial charge in [-0.25, -0.2) is 0 Å². The molecule has 0 saturated carbocycles. The minimum Gasteiger partial charge on any atom is -0.0587 e. The predicted octanol–water partition coefficient (Wildman–Crippen LogP) is 9.79. The fourth-order valence-corrected chi connectivity index (χ4v) is 5.52. The molecule has 0 aliphatic rings. The number of benzene rings is 5. The van der Waals surface area contributed by atoms with Crippen molar-refractivity contribution in [2.24, 2.45) is 0 Å². The van der Waals surface area contributed by atoms with Crippen molar-refractivity contribution in [3.05, 3.63) is 105 Å². The first-order valence-corrected chi connectivity index (χ1v) is 12.3. The molecule has 170 valence electrons. The molecule has 0 unspecified atom stereocenters. The largest absolute Gasteiger partial charge is 0.0587 e. The summed E-state index contributed by atoms with van der Waals surface area (Å²) in [4.78, 5) is 0. The molecular formula is C34H34. The lowest BCUT2D eigenvalue weighted by Crippen LogP contribution is -1.96. The quantitative estimate of drug-likeness (QED) is 0.239. The summed E-state index contributed by atoms with van der Waals surface area (Å²) in [6.07, 6.45) is 0. The minimum atomic E-state index is 1.29. The molecule has 0 aromatic heterocycles. The molecule has 0 spiro atoms. The van der Waals surface area contributed by atoms with Crippen molar-refractivity contribution in [2.45, 2.75) is 55.4 Å². The molecule has 0 saturated heterocycles. The molecule has 0 fully saturated rings. The summed E-state index contributed by atoms with van der Waals surface area (Å²) in [5, 5.41) is 5.36. The monoisotopic (exact) mass is 442 g/mol. The Bertz CT molecular complexity index is 1570. The number of rotatable bonds is 2. The maximum atomic E-state index is 2.41. The molecule has 34 heavy (non-hydrogen) atoms. The van der Waals surface area contributed by atoms with Crippen LogP contribution >= 0.6 is 0 Å². The SMILES string of the molecule is Cc1cc(C)cc(-c2c3cc(C)ccc3c(-c3cc(C)c(C)c(C)c3)c3cc(C)c(C)cc23)c1. The summed E-state index contributed by atoms with van der Waals surface area (Å²) in [6.45, 7) is 17.8. The van der Waals surface area contributed by atoms with Gasteiger partial charge in [-0.3, -0.25) is 0 Å². The highest BCUT2D eigenvalue weighted by Crippen LogP contribution is 2.45. The molecule has 0 N–H and O–H groups in total. The first kappa shape index (κ1) is 22.4. The maximum absolute atomic E-state index is 2.41. The molecule has 0 aliphatic heterocycles. The number of hydrogen-bond acceptors (Lipinski definition) is 0. The van der Waals surface area contributed by atoms with Gasteiger partial charge in [-0.15, -0.1) is 0 Å². The van der Waals surface area contributed by atoms with Crippen LogP contribution in [0.1, 0.15) is 44.5 Å². The van der Waals surface area contributed by atoms with Crippen molar-refractivity contribution in [1.82, 2.24) is 0 Å². The Hall–Kier alpha value is -3.38. The Labute approximate surface area is 204 Å². The predicted molar refractivity (Wildman–Crippen MR) is 150 cm³/mol. The second kappa shape index (κ2) is 8.13. The molecule has 0 heterocycles. The average molecular weight is 443 g/mol. The lowest BCUT2D eigenvalue weighted by molar-refractivity contribution is 1.27. The molecule has 0 nitrogen and oxygen atoms in total. The van der Waals surface area contributed by atoms with Crippen LogP contribution in [-0.2, 0) is 0 Å². The Morgan fingerprint density at radius 1 is 0.353 bits per heavy atom. The Balaban J connectivity index is 2.05. The highest BCUT2D eigenvalue weighted by molar-refractivity contribution is 6.21. The van der Waals surface area contributed by atoms with Gasteiger partial charge in [0, 0.05) is 0 Å².